The van der Waals surface area contributed by atoms with Gasteiger partial charge in [0.25, 0.3) is 0 Å². The van der Waals surface area contributed by atoms with Crippen molar-refractivity contribution in [1.82, 2.24) is 10.2 Å². The van der Waals surface area contributed by atoms with E-state index in [4.69, 9.17) is 14.5 Å². The Morgan fingerprint density at radius 3 is 2.18 bits per heavy atom. The highest BCUT2D eigenvalue weighted by Crippen LogP contribution is 2.32. The Kier molecular flexibility index (Phi) is 10.7. The smallest absolute Gasteiger partial charge is 0.413 e. The lowest BCUT2D eigenvalue weighted by Crippen LogP contribution is -2.38. The molecule has 0 saturated heterocycles. The Labute approximate surface area is 259 Å². The Morgan fingerprint density at radius 1 is 0.886 bits per heavy atom. The van der Waals surface area contributed by atoms with Gasteiger partial charge in [-0.25, -0.2) is 14.6 Å². The molecule has 0 aromatic heterocycles. The molecule has 0 aliphatic carbocycles. The second kappa shape index (κ2) is 14.6. The van der Waals surface area contributed by atoms with Crippen molar-refractivity contribution in [2.24, 2.45) is 4.99 Å². The summed E-state index contributed by atoms with van der Waals surface area (Å²) in [4.78, 5) is 45.6. The molecule has 0 unspecified atom stereocenters. The average molecular weight is 596 g/mol. The number of esters is 1. The number of amidine groups is 1. The molecule has 3 aromatic carbocycles. The third kappa shape index (κ3) is 8.89. The molecular weight excluding hydrogens is 554 g/mol. The molecule has 3 aromatic rings. The van der Waals surface area contributed by atoms with E-state index in [9.17, 15) is 14.4 Å². The Hall–Kier alpha value is -4.72. The number of amides is 2. The van der Waals surface area contributed by atoms with Crippen LogP contribution >= 0.6 is 0 Å². The maximum Gasteiger partial charge on any atom is 0.413 e. The molecule has 8 nitrogen and oxygen atoms in total. The fraction of sp³-hybridized carbons (Fsp3) is 0.333. The Balaban J connectivity index is 1.61. The van der Waals surface area contributed by atoms with Crippen molar-refractivity contribution >= 4 is 35.6 Å². The number of hydrogen-bond donors (Lipinski definition) is 1. The molecule has 2 amide bonds. The maximum atomic E-state index is 13.6. The van der Waals surface area contributed by atoms with Crippen LogP contribution in [0.4, 0.5) is 10.5 Å². The van der Waals surface area contributed by atoms with Gasteiger partial charge in [-0.05, 0) is 74.6 Å². The van der Waals surface area contributed by atoms with Gasteiger partial charge < -0.3 is 14.4 Å². The van der Waals surface area contributed by atoms with Gasteiger partial charge in [0.1, 0.15) is 18.0 Å². The number of hydrogen-bond acceptors (Lipinski definition) is 6. The van der Waals surface area contributed by atoms with E-state index < -0.39 is 17.7 Å². The third-order valence-corrected chi connectivity index (χ3v) is 6.83. The number of benzene rings is 3. The summed E-state index contributed by atoms with van der Waals surface area (Å²) in [6.45, 7) is 11.0. The van der Waals surface area contributed by atoms with Crippen molar-refractivity contribution in [2.45, 2.75) is 66.1 Å². The Bertz CT molecular complexity index is 1530. The van der Waals surface area contributed by atoms with E-state index in [0.717, 1.165) is 35.1 Å². The molecule has 0 saturated carbocycles. The molecule has 1 N–H and O–H groups in total. The lowest BCUT2D eigenvalue weighted by molar-refractivity contribution is -0.127. The second-order valence-electron chi connectivity index (χ2n) is 11.7. The first-order chi connectivity index (χ1) is 21.1. The van der Waals surface area contributed by atoms with Crippen molar-refractivity contribution < 1.29 is 23.9 Å². The van der Waals surface area contributed by atoms with Crippen LogP contribution in [0.1, 0.15) is 75.4 Å². The second-order valence-corrected chi connectivity index (χ2v) is 11.7. The van der Waals surface area contributed by atoms with E-state index in [1.165, 1.54) is 0 Å². The normalized spacial score (nSPS) is 12.7. The zero-order valence-corrected chi connectivity index (χ0v) is 26.2. The number of rotatable bonds is 9. The monoisotopic (exact) mass is 595 g/mol. The molecule has 0 atom stereocenters. The van der Waals surface area contributed by atoms with Gasteiger partial charge in [-0.1, -0.05) is 68.4 Å². The predicted molar refractivity (Wildman–Crippen MR) is 174 cm³/mol. The summed E-state index contributed by atoms with van der Waals surface area (Å²) < 4.78 is 10.9. The number of ether oxygens (including phenoxy) is 2. The van der Waals surface area contributed by atoms with Gasteiger partial charge in [-0.3, -0.25) is 10.1 Å². The topological polar surface area (TPSA) is 97.3 Å². The van der Waals surface area contributed by atoms with Crippen LogP contribution in [0.15, 0.2) is 83.4 Å². The first-order valence-corrected chi connectivity index (χ1v) is 15.1. The molecule has 230 valence electrons. The lowest BCUT2D eigenvalue weighted by atomic mass is 10.00. The fourth-order valence-electron chi connectivity index (χ4n) is 4.84. The zero-order valence-electron chi connectivity index (χ0n) is 26.2. The quantitative estimate of drug-likeness (QED) is 0.256. The van der Waals surface area contributed by atoms with Crippen LogP contribution in [0.5, 0.6) is 0 Å². The first-order valence-electron chi connectivity index (χ1n) is 15.1. The van der Waals surface area contributed by atoms with Crippen LogP contribution in [0.25, 0.3) is 17.2 Å². The molecule has 0 fully saturated rings. The van der Waals surface area contributed by atoms with Crippen molar-refractivity contribution in [1.29, 1.82) is 0 Å². The Morgan fingerprint density at radius 2 is 1.55 bits per heavy atom. The SMILES string of the molecule is CCCN(CCC)C(=O)C1=Cc2ccc(-c3ccc(C(=O)OCc4ccccc4)cc3)cc2N=C(NC(=O)OC(C)(C)C)C1. The van der Waals surface area contributed by atoms with E-state index in [2.05, 4.69) is 5.32 Å². The minimum absolute atomic E-state index is 0.0703. The van der Waals surface area contributed by atoms with Crippen molar-refractivity contribution in [3.8, 4) is 11.1 Å². The largest absolute Gasteiger partial charge is 0.457 e. The number of fused-ring (bicyclic) bond motifs is 1. The molecule has 1 aliphatic rings. The minimum Gasteiger partial charge on any atom is -0.457 e. The number of alkyl carbamates (subject to hydrolysis) is 1. The van der Waals surface area contributed by atoms with Gasteiger partial charge in [0.05, 0.1) is 11.3 Å². The number of aliphatic imine (C=N–C) groups is 1. The first kappa shape index (κ1) is 32.2. The highest BCUT2D eigenvalue weighted by Gasteiger charge is 2.24. The van der Waals surface area contributed by atoms with E-state index in [1.807, 2.05) is 85.5 Å². The lowest BCUT2D eigenvalue weighted by Gasteiger charge is -2.23. The van der Waals surface area contributed by atoms with Crippen LogP contribution in [0, 0.1) is 0 Å². The van der Waals surface area contributed by atoms with Crippen LogP contribution in [0.2, 0.25) is 0 Å². The zero-order chi connectivity index (χ0) is 31.7. The van der Waals surface area contributed by atoms with Gasteiger partial charge in [-0.15, -0.1) is 0 Å². The van der Waals surface area contributed by atoms with Crippen molar-refractivity contribution in [3.05, 3.63) is 95.1 Å². The molecular formula is C36H41N3O5. The molecule has 0 radical (unpaired) electrons. The summed E-state index contributed by atoms with van der Waals surface area (Å²) in [6, 6.07) is 22.5. The minimum atomic E-state index is -0.686. The van der Waals surface area contributed by atoms with E-state index >= 15 is 0 Å². The van der Waals surface area contributed by atoms with Crippen LogP contribution < -0.4 is 5.32 Å². The van der Waals surface area contributed by atoms with Crippen molar-refractivity contribution in [2.75, 3.05) is 13.1 Å². The van der Waals surface area contributed by atoms with E-state index in [0.29, 0.717) is 35.7 Å². The van der Waals surface area contributed by atoms with Gasteiger partial charge >= 0.3 is 12.1 Å². The number of nitrogens with zero attached hydrogens (tertiary/aromatic N) is 2. The fourth-order valence-corrected chi connectivity index (χ4v) is 4.84. The van der Waals surface area contributed by atoms with Crippen LogP contribution in [-0.2, 0) is 20.9 Å². The summed E-state index contributed by atoms with van der Waals surface area (Å²) >= 11 is 0. The maximum absolute atomic E-state index is 13.6. The number of carbonyl (C=O) groups is 3. The van der Waals surface area contributed by atoms with Gasteiger partial charge in [0, 0.05) is 30.6 Å². The molecule has 8 heteroatoms. The molecule has 1 heterocycles. The van der Waals surface area contributed by atoms with Gasteiger partial charge in [-0.2, -0.15) is 0 Å². The summed E-state index contributed by atoms with van der Waals surface area (Å²) in [5.74, 6) is -0.134. The highest BCUT2D eigenvalue weighted by molar-refractivity contribution is 6.08. The van der Waals surface area contributed by atoms with Crippen LogP contribution in [0.3, 0.4) is 0 Å². The molecule has 0 spiro atoms. The summed E-state index contributed by atoms with van der Waals surface area (Å²) in [6.07, 6.45) is 3.08. The summed E-state index contributed by atoms with van der Waals surface area (Å²) in [5.41, 5.74) is 4.37. The molecule has 44 heavy (non-hydrogen) atoms. The standard InChI is InChI=1S/C36H41N3O5/c1-6-19-39(20-7-2)33(40)30-21-29-18-17-28(22-31(29)37-32(23-30)38-35(42)44-36(3,4)5)26-13-15-27(16-14-26)34(41)43-24-25-11-9-8-10-12-25/h8-18,21-22H,6-7,19-20,23-24H2,1-5H3,(H,37,38,42). The van der Waals surface area contributed by atoms with E-state index in [-0.39, 0.29) is 18.9 Å². The van der Waals surface area contributed by atoms with E-state index in [1.54, 1.807) is 32.9 Å². The number of nitrogens with one attached hydrogen (secondary N) is 1. The predicted octanol–water partition coefficient (Wildman–Crippen LogP) is 7.70. The third-order valence-electron chi connectivity index (χ3n) is 6.83. The van der Waals surface area contributed by atoms with Crippen molar-refractivity contribution in [3.63, 3.8) is 0 Å². The van der Waals surface area contributed by atoms with Gasteiger partial charge in [0.2, 0.25) is 5.91 Å². The highest BCUT2D eigenvalue weighted by atomic mass is 16.6. The summed E-state index contributed by atoms with van der Waals surface area (Å²) in [7, 11) is 0. The van der Waals surface area contributed by atoms with Crippen LogP contribution in [-0.4, -0.2) is 47.4 Å². The molecule has 0 bridgehead atoms. The summed E-state index contributed by atoms with van der Waals surface area (Å²) in [5, 5.41) is 2.77. The number of carbonyl (C=O) groups excluding carboxylic acids is 3. The average Bonchev–Trinajstić information content (AvgIpc) is 3.17. The molecule has 4 rings (SSSR count). The van der Waals surface area contributed by atoms with Gasteiger partial charge in [0.15, 0.2) is 0 Å². The molecule has 1 aliphatic heterocycles.